The van der Waals surface area contributed by atoms with Crippen molar-refractivity contribution >= 4 is 11.8 Å². The van der Waals surface area contributed by atoms with E-state index < -0.39 is 0 Å². The van der Waals surface area contributed by atoms with Crippen LogP contribution in [0.5, 0.6) is 0 Å². The van der Waals surface area contributed by atoms with Crippen molar-refractivity contribution in [2.24, 2.45) is 0 Å². The van der Waals surface area contributed by atoms with Crippen LogP contribution in [0.25, 0.3) is 0 Å². The van der Waals surface area contributed by atoms with Gasteiger partial charge in [0.1, 0.15) is 6.04 Å². The minimum atomic E-state index is -0.363. The Bertz CT molecular complexity index is 562. The summed E-state index contributed by atoms with van der Waals surface area (Å²) in [5, 5.41) is 0. The van der Waals surface area contributed by atoms with Crippen molar-refractivity contribution < 1.29 is 19.1 Å². The predicted molar refractivity (Wildman–Crippen MR) is 105 cm³/mol. The van der Waals surface area contributed by atoms with E-state index in [2.05, 4.69) is 4.90 Å². The molecule has 4 aliphatic rings. The van der Waals surface area contributed by atoms with Crippen molar-refractivity contribution in [3.63, 3.8) is 0 Å². The average molecular weight is 394 g/mol. The molecule has 0 radical (unpaired) electrons. The second kappa shape index (κ2) is 9.09. The summed E-state index contributed by atoms with van der Waals surface area (Å²) in [6.07, 6.45) is 7.55. The smallest absolute Gasteiger partial charge is 0.245 e. The average Bonchev–Trinajstić information content (AvgIpc) is 2.92. The Hall–Kier alpha value is -1.18. The summed E-state index contributed by atoms with van der Waals surface area (Å²) in [4.78, 5) is 31.8. The lowest BCUT2D eigenvalue weighted by Gasteiger charge is -2.36. The molecule has 2 amide bonds. The zero-order valence-electron chi connectivity index (χ0n) is 17.2. The highest BCUT2D eigenvalue weighted by molar-refractivity contribution is 5.87. The standard InChI is InChI=1S/C21H35N3O4/c1-16(25)24-15-19(28-18-6-12-27-13-7-18)14-20(24)21(26)23-9-3-8-22(10-11-23)17-4-2-5-17/h17-20H,2-15H2,1H3/t19-,20+/m0/s1. The number of carbonyl (C=O) groups is 2. The van der Waals surface area contributed by atoms with Gasteiger partial charge in [-0.1, -0.05) is 6.42 Å². The Morgan fingerprint density at radius 3 is 2.39 bits per heavy atom. The first kappa shape index (κ1) is 20.1. The minimum absolute atomic E-state index is 0.0256. The summed E-state index contributed by atoms with van der Waals surface area (Å²) >= 11 is 0. The lowest BCUT2D eigenvalue weighted by molar-refractivity contribution is -0.142. The minimum Gasteiger partial charge on any atom is -0.381 e. The Labute approximate surface area is 168 Å². The van der Waals surface area contributed by atoms with Crippen LogP contribution in [0.15, 0.2) is 0 Å². The highest BCUT2D eigenvalue weighted by Crippen LogP contribution is 2.28. The van der Waals surface area contributed by atoms with E-state index in [1.54, 1.807) is 11.8 Å². The van der Waals surface area contributed by atoms with E-state index in [0.717, 1.165) is 64.7 Å². The molecule has 0 unspecified atom stereocenters. The van der Waals surface area contributed by atoms with Gasteiger partial charge in [0.25, 0.3) is 0 Å². The molecule has 0 N–H and O–H groups in total. The monoisotopic (exact) mass is 393 g/mol. The van der Waals surface area contributed by atoms with E-state index in [1.807, 2.05) is 4.90 Å². The van der Waals surface area contributed by atoms with Crippen molar-refractivity contribution in [1.29, 1.82) is 0 Å². The summed E-state index contributed by atoms with van der Waals surface area (Å²) in [5.74, 6) is 0.0890. The van der Waals surface area contributed by atoms with Crippen LogP contribution in [0.1, 0.15) is 51.9 Å². The van der Waals surface area contributed by atoms with Crippen LogP contribution in [-0.4, -0.2) is 96.7 Å². The van der Waals surface area contributed by atoms with Crippen molar-refractivity contribution in [3.05, 3.63) is 0 Å². The zero-order valence-corrected chi connectivity index (χ0v) is 17.2. The third kappa shape index (κ3) is 4.52. The molecule has 2 atom stereocenters. The van der Waals surface area contributed by atoms with E-state index in [-0.39, 0.29) is 30.1 Å². The first-order chi connectivity index (χ1) is 13.6. The maximum absolute atomic E-state index is 13.3. The Morgan fingerprint density at radius 2 is 1.71 bits per heavy atom. The molecular formula is C21H35N3O4. The van der Waals surface area contributed by atoms with Gasteiger partial charge in [-0.2, -0.15) is 0 Å². The van der Waals surface area contributed by atoms with Crippen molar-refractivity contribution in [1.82, 2.24) is 14.7 Å². The largest absolute Gasteiger partial charge is 0.381 e. The summed E-state index contributed by atoms with van der Waals surface area (Å²) in [7, 11) is 0. The van der Waals surface area contributed by atoms with Crippen LogP contribution >= 0.6 is 0 Å². The van der Waals surface area contributed by atoms with Gasteiger partial charge in [0.2, 0.25) is 11.8 Å². The van der Waals surface area contributed by atoms with Crippen LogP contribution in [0.2, 0.25) is 0 Å². The number of amides is 2. The fourth-order valence-electron chi connectivity index (χ4n) is 5.05. The second-order valence-electron chi connectivity index (χ2n) is 8.79. The summed E-state index contributed by atoms with van der Waals surface area (Å²) in [6.45, 7) is 7.21. The number of hydrogen-bond acceptors (Lipinski definition) is 5. The van der Waals surface area contributed by atoms with E-state index in [4.69, 9.17) is 9.47 Å². The molecule has 3 aliphatic heterocycles. The van der Waals surface area contributed by atoms with Crippen LogP contribution in [-0.2, 0) is 19.1 Å². The first-order valence-electron chi connectivity index (χ1n) is 11.1. The van der Waals surface area contributed by atoms with Gasteiger partial charge in [0.15, 0.2) is 0 Å². The molecule has 0 aromatic heterocycles. The van der Waals surface area contributed by atoms with Gasteiger partial charge in [-0.05, 0) is 32.1 Å². The Kier molecular flexibility index (Phi) is 6.53. The number of nitrogens with zero attached hydrogens (tertiary/aromatic N) is 3. The topological polar surface area (TPSA) is 62.3 Å². The van der Waals surface area contributed by atoms with Gasteiger partial charge >= 0.3 is 0 Å². The molecule has 3 saturated heterocycles. The molecule has 0 spiro atoms. The molecule has 3 heterocycles. The highest BCUT2D eigenvalue weighted by atomic mass is 16.5. The van der Waals surface area contributed by atoms with Crippen LogP contribution in [0.3, 0.4) is 0 Å². The molecule has 4 rings (SSSR count). The van der Waals surface area contributed by atoms with Gasteiger partial charge in [0, 0.05) is 65.3 Å². The van der Waals surface area contributed by atoms with Gasteiger partial charge in [-0.25, -0.2) is 0 Å². The van der Waals surface area contributed by atoms with Crippen LogP contribution in [0, 0.1) is 0 Å². The van der Waals surface area contributed by atoms with Gasteiger partial charge in [-0.3, -0.25) is 14.5 Å². The van der Waals surface area contributed by atoms with Crippen LogP contribution < -0.4 is 0 Å². The molecule has 0 bridgehead atoms. The molecule has 28 heavy (non-hydrogen) atoms. The molecule has 1 aliphatic carbocycles. The number of likely N-dealkylation sites (tertiary alicyclic amines) is 1. The van der Waals surface area contributed by atoms with Gasteiger partial charge < -0.3 is 19.3 Å². The van der Waals surface area contributed by atoms with E-state index in [0.29, 0.717) is 13.0 Å². The molecule has 4 fully saturated rings. The molecular weight excluding hydrogens is 358 g/mol. The van der Waals surface area contributed by atoms with Gasteiger partial charge in [-0.15, -0.1) is 0 Å². The molecule has 158 valence electrons. The summed E-state index contributed by atoms with van der Waals surface area (Å²) in [5.41, 5.74) is 0. The lowest BCUT2D eigenvalue weighted by Crippen LogP contribution is -2.48. The highest BCUT2D eigenvalue weighted by Gasteiger charge is 2.42. The fourth-order valence-corrected chi connectivity index (χ4v) is 5.05. The predicted octanol–water partition coefficient (Wildman–Crippen LogP) is 1.26. The summed E-state index contributed by atoms with van der Waals surface area (Å²) in [6, 6.07) is 0.366. The molecule has 7 nitrogen and oxygen atoms in total. The first-order valence-corrected chi connectivity index (χ1v) is 11.1. The Morgan fingerprint density at radius 1 is 0.929 bits per heavy atom. The quantitative estimate of drug-likeness (QED) is 0.720. The van der Waals surface area contributed by atoms with Gasteiger partial charge in [0.05, 0.1) is 12.2 Å². The second-order valence-corrected chi connectivity index (χ2v) is 8.79. The van der Waals surface area contributed by atoms with Crippen molar-refractivity contribution in [2.75, 3.05) is 45.9 Å². The zero-order chi connectivity index (χ0) is 19.5. The number of hydrogen-bond donors (Lipinski definition) is 0. The van der Waals surface area contributed by atoms with E-state index >= 15 is 0 Å². The van der Waals surface area contributed by atoms with E-state index in [1.165, 1.54) is 19.3 Å². The third-order valence-electron chi connectivity index (χ3n) is 6.94. The number of rotatable bonds is 4. The fraction of sp³-hybridized carbons (Fsp3) is 0.905. The molecule has 0 aromatic carbocycles. The normalized spacial score (nSPS) is 30.9. The van der Waals surface area contributed by atoms with E-state index in [9.17, 15) is 9.59 Å². The number of ether oxygens (including phenoxy) is 2. The number of carbonyl (C=O) groups excluding carboxylic acids is 2. The maximum atomic E-state index is 13.3. The molecule has 1 saturated carbocycles. The maximum Gasteiger partial charge on any atom is 0.245 e. The third-order valence-corrected chi connectivity index (χ3v) is 6.94. The lowest BCUT2D eigenvalue weighted by atomic mass is 9.91. The molecule has 0 aromatic rings. The SMILES string of the molecule is CC(=O)N1C[C@@H](OC2CCOCC2)C[C@@H]1C(=O)N1CCCN(C2CCC2)CC1. The van der Waals surface area contributed by atoms with Crippen molar-refractivity contribution in [2.45, 2.75) is 76.2 Å². The van der Waals surface area contributed by atoms with Crippen molar-refractivity contribution in [3.8, 4) is 0 Å². The van der Waals surface area contributed by atoms with Crippen LogP contribution in [0.4, 0.5) is 0 Å². The molecule has 7 heteroatoms. The summed E-state index contributed by atoms with van der Waals surface area (Å²) < 4.78 is 11.6. The Balaban J connectivity index is 1.35.